The summed E-state index contributed by atoms with van der Waals surface area (Å²) < 4.78 is 0. The van der Waals surface area contributed by atoms with Crippen LogP contribution in [0.4, 0.5) is 10.5 Å². The molecule has 1 aliphatic rings. The molecule has 1 aromatic carbocycles. The van der Waals surface area contributed by atoms with Gasteiger partial charge in [-0.05, 0) is 50.3 Å². The number of nitrogens with one attached hydrogen (secondary N) is 1. The van der Waals surface area contributed by atoms with Crippen LogP contribution in [0, 0.1) is 0 Å². The van der Waals surface area contributed by atoms with Crippen molar-refractivity contribution in [2.75, 3.05) is 11.9 Å². The summed E-state index contributed by atoms with van der Waals surface area (Å²) in [6, 6.07) is 8.47. The normalized spacial score (nSPS) is 19.7. The Morgan fingerprint density at radius 2 is 2.06 bits per heavy atom. The summed E-state index contributed by atoms with van der Waals surface area (Å²) in [6.45, 7) is 5.13. The Bertz CT molecular complexity index is 399. The van der Waals surface area contributed by atoms with E-state index in [0.717, 1.165) is 31.5 Å². The number of nitrogens with zero attached hydrogens (tertiary/aromatic N) is 1. The molecule has 1 fully saturated rings. The van der Waals surface area contributed by atoms with E-state index in [1.54, 1.807) is 0 Å². The maximum Gasteiger partial charge on any atom is 0.322 e. The number of likely N-dealkylation sites (tertiary alicyclic amines) is 1. The molecule has 2 amide bonds. The molecule has 0 spiro atoms. The number of piperidine rings is 1. The molecule has 1 aromatic rings. The van der Waals surface area contributed by atoms with Gasteiger partial charge in [0.25, 0.3) is 0 Å². The molecule has 2 rings (SSSR count). The first-order valence-electron chi connectivity index (χ1n) is 6.87. The molecule has 1 saturated heterocycles. The minimum atomic E-state index is 0.0337. The van der Waals surface area contributed by atoms with Crippen LogP contribution < -0.4 is 5.32 Å². The van der Waals surface area contributed by atoms with Gasteiger partial charge in [0.2, 0.25) is 0 Å². The van der Waals surface area contributed by atoms with E-state index < -0.39 is 0 Å². The van der Waals surface area contributed by atoms with Crippen molar-refractivity contribution in [2.24, 2.45) is 0 Å². The van der Waals surface area contributed by atoms with Crippen LogP contribution in [0.15, 0.2) is 24.3 Å². The fraction of sp³-hybridized carbons (Fsp3) is 0.533. The van der Waals surface area contributed by atoms with Gasteiger partial charge >= 0.3 is 6.03 Å². The summed E-state index contributed by atoms with van der Waals surface area (Å²) in [7, 11) is 0. The number of rotatable bonds is 2. The van der Waals surface area contributed by atoms with Crippen LogP contribution in [-0.2, 0) is 6.42 Å². The number of urea groups is 1. The number of carbonyl (C=O) groups is 1. The van der Waals surface area contributed by atoms with Crippen molar-refractivity contribution in [3.05, 3.63) is 29.8 Å². The molecule has 3 nitrogen and oxygen atoms in total. The highest BCUT2D eigenvalue weighted by Gasteiger charge is 2.22. The smallest absolute Gasteiger partial charge is 0.322 e. The average Bonchev–Trinajstić information content (AvgIpc) is 2.40. The fourth-order valence-electron chi connectivity index (χ4n) is 2.42. The summed E-state index contributed by atoms with van der Waals surface area (Å²) in [4.78, 5) is 14.1. The lowest BCUT2D eigenvalue weighted by Crippen LogP contribution is -2.44. The van der Waals surface area contributed by atoms with Crippen molar-refractivity contribution in [3.63, 3.8) is 0 Å². The first kappa shape index (κ1) is 12.9. The van der Waals surface area contributed by atoms with Gasteiger partial charge in [-0.15, -0.1) is 0 Å². The Kier molecular flexibility index (Phi) is 4.24. The standard InChI is InChI=1S/C15H22N2O/c1-3-13-7-9-14(10-8-13)16-15(18)17-11-5-4-6-12(17)2/h7-10,12H,3-6,11H2,1-2H3,(H,16,18)/t12-/m0/s1. The third kappa shape index (κ3) is 3.03. The number of carbonyl (C=O) groups excluding carboxylic acids is 1. The molecule has 0 saturated carbocycles. The van der Waals surface area contributed by atoms with Crippen molar-refractivity contribution >= 4 is 11.7 Å². The van der Waals surface area contributed by atoms with Gasteiger partial charge in [-0.2, -0.15) is 0 Å². The second-order valence-electron chi connectivity index (χ2n) is 5.02. The maximum atomic E-state index is 12.1. The van der Waals surface area contributed by atoms with E-state index in [4.69, 9.17) is 0 Å². The highest BCUT2D eigenvalue weighted by atomic mass is 16.2. The molecule has 0 aromatic heterocycles. The summed E-state index contributed by atoms with van der Waals surface area (Å²) in [5, 5.41) is 2.98. The van der Waals surface area contributed by atoms with E-state index in [9.17, 15) is 4.79 Å². The van der Waals surface area contributed by atoms with Crippen molar-refractivity contribution in [1.29, 1.82) is 0 Å². The topological polar surface area (TPSA) is 32.3 Å². The summed E-state index contributed by atoms with van der Waals surface area (Å²) in [5.41, 5.74) is 2.18. The molecule has 0 bridgehead atoms. The van der Waals surface area contributed by atoms with E-state index in [1.165, 1.54) is 12.0 Å². The lowest BCUT2D eigenvalue weighted by molar-refractivity contribution is 0.170. The zero-order valence-electron chi connectivity index (χ0n) is 11.3. The first-order chi connectivity index (χ1) is 8.70. The molecule has 3 heteroatoms. The van der Waals surface area contributed by atoms with Crippen LogP contribution in [0.2, 0.25) is 0 Å². The molecule has 1 atom stereocenters. The van der Waals surface area contributed by atoms with E-state index in [0.29, 0.717) is 6.04 Å². The monoisotopic (exact) mass is 246 g/mol. The van der Waals surface area contributed by atoms with Crippen LogP contribution in [0.5, 0.6) is 0 Å². The van der Waals surface area contributed by atoms with Crippen LogP contribution in [0.1, 0.15) is 38.7 Å². The second-order valence-corrected chi connectivity index (χ2v) is 5.02. The maximum absolute atomic E-state index is 12.1. The fourth-order valence-corrected chi connectivity index (χ4v) is 2.42. The number of anilines is 1. The largest absolute Gasteiger partial charge is 0.322 e. The number of hydrogen-bond acceptors (Lipinski definition) is 1. The van der Waals surface area contributed by atoms with E-state index in [1.807, 2.05) is 17.0 Å². The zero-order valence-corrected chi connectivity index (χ0v) is 11.3. The van der Waals surface area contributed by atoms with Gasteiger partial charge in [0.05, 0.1) is 0 Å². The van der Waals surface area contributed by atoms with Crippen LogP contribution in [0.3, 0.4) is 0 Å². The molecule has 0 unspecified atom stereocenters. The van der Waals surface area contributed by atoms with Crippen molar-refractivity contribution in [2.45, 2.75) is 45.6 Å². The minimum absolute atomic E-state index is 0.0337. The van der Waals surface area contributed by atoms with E-state index in [2.05, 4.69) is 31.3 Å². The number of amides is 2. The number of aryl methyl sites for hydroxylation is 1. The SMILES string of the molecule is CCc1ccc(NC(=O)N2CCCC[C@@H]2C)cc1. The highest BCUT2D eigenvalue weighted by Crippen LogP contribution is 2.18. The third-order valence-electron chi connectivity index (χ3n) is 3.68. The van der Waals surface area contributed by atoms with Gasteiger partial charge in [-0.3, -0.25) is 0 Å². The zero-order chi connectivity index (χ0) is 13.0. The number of benzene rings is 1. The van der Waals surface area contributed by atoms with Gasteiger partial charge in [-0.25, -0.2) is 4.79 Å². The third-order valence-corrected chi connectivity index (χ3v) is 3.68. The van der Waals surface area contributed by atoms with Gasteiger partial charge in [0, 0.05) is 18.3 Å². The second kappa shape index (κ2) is 5.89. The van der Waals surface area contributed by atoms with Crippen LogP contribution in [-0.4, -0.2) is 23.5 Å². The summed E-state index contributed by atoms with van der Waals surface area (Å²) in [5.74, 6) is 0. The van der Waals surface area contributed by atoms with Gasteiger partial charge in [0.15, 0.2) is 0 Å². The van der Waals surface area contributed by atoms with Crippen molar-refractivity contribution in [1.82, 2.24) is 4.90 Å². The summed E-state index contributed by atoms with van der Waals surface area (Å²) >= 11 is 0. The quantitative estimate of drug-likeness (QED) is 0.848. The van der Waals surface area contributed by atoms with Gasteiger partial charge in [-0.1, -0.05) is 19.1 Å². The first-order valence-corrected chi connectivity index (χ1v) is 6.87. The Hall–Kier alpha value is -1.51. The summed E-state index contributed by atoms with van der Waals surface area (Å²) in [6.07, 6.45) is 4.49. The predicted molar refractivity (Wildman–Crippen MR) is 74.9 cm³/mol. The Labute approximate surface area is 109 Å². The molecule has 98 valence electrons. The van der Waals surface area contributed by atoms with Crippen molar-refractivity contribution in [3.8, 4) is 0 Å². The molecule has 18 heavy (non-hydrogen) atoms. The molecule has 0 aliphatic carbocycles. The number of hydrogen-bond donors (Lipinski definition) is 1. The van der Waals surface area contributed by atoms with Crippen LogP contribution >= 0.6 is 0 Å². The van der Waals surface area contributed by atoms with E-state index in [-0.39, 0.29) is 6.03 Å². The highest BCUT2D eigenvalue weighted by molar-refractivity contribution is 5.89. The average molecular weight is 246 g/mol. The lowest BCUT2D eigenvalue weighted by Gasteiger charge is -2.33. The Balaban J connectivity index is 1.97. The molecule has 1 N–H and O–H groups in total. The minimum Gasteiger partial charge on any atom is -0.322 e. The molecule has 0 radical (unpaired) electrons. The molecule has 1 aliphatic heterocycles. The Morgan fingerprint density at radius 1 is 1.33 bits per heavy atom. The molecule has 1 heterocycles. The van der Waals surface area contributed by atoms with Crippen LogP contribution in [0.25, 0.3) is 0 Å². The Morgan fingerprint density at radius 3 is 2.67 bits per heavy atom. The molecular weight excluding hydrogens is 224 g/mol. The van der Waals surface area contributed by atoms with Gasteiger partial charge < -0.3 is 10.2 Å². The predicted octanol–water partition coefficient (Wildman–Crippen LogP) is 3.66. The molecular formula is C15H22N2O. The van der Waals surface area contributed by atoms with E-state index >= 15 is 0 Å². The van der Waals surface area contributed by atoms with Crippen molar-refractivity contribution < 1.29 is 4.79 Å². The lowest BCUT2D eigenvalue weighted by atomic mass is 10.0. The van der Waals surface area contributed by atoms with Gasteiger partial charge in [0.1, 0.15) is 0 Å².